The lowest BCUT2D eigenvalue weighted by Gasteiger charge is -2.33. The van der Waals surface area contributed by atoms with Crippen molar-refractivity contribution in [3.63, 3.8) is 0 Å². The number of carboxylic acids is 1. The van der Waals surface area contributed by atoms with E-state index in [1.54, 1.807) is 12.1 Å². The number of nitrogens with zero attached hydrogens (tertiary/aromatic N) is 4. The maximum absolute atomic E-state index is 12.5. The molecule has 13 heteroatoms. The van der Waals surface area contributed by atoms with E-state index in [9.17, 15) is 19.8 Å². The zero-order valence-corrected chi connectivity index (χ0v) is 31.3. The normalized spacial score (nSPS) is 18.1. The van der Waals surface area contributed by atoms with E-state index < -0.39 is 11.5 Å². The number of aromatic nitrogens is 2. The molecule has 266 valence electrons. The van der Waals surface area contributed by atoms with Crippen molar-refractivity contribution < 1.29 is 19.8 Å². The fraction of sp³-hybridized carbons (Fsp3) is 0.432. The number of phenols is 1. The number of fused-ring (bicyclic) bond motifs is 2. The van der Waals surface area contributed by atoms with E-state index in [1.807, 2.05) is 51.9 Å². The highest BCUT2D eigenvalue weighted by Crippen LogP contribution is 2.36. The molecule has 0 spiro atoms. The number of likely N-dealkylation sites (tertiary alicyclic amines) is 1. The Kier molecular flexibility index (Phi) is 11.8. The third-order valence-electron chi connectivity index (χ3n) is 9.94. The van der Waals surface area contributed by atoms with Gasteiger partial charge in [-0.25, -0.2) is 14.6 Å². The number of benzene rings is 3. The predicted octanol–water partition coefficient (Wildman–Crippen LogP) is 6.06. The molecule has 0 bridgehead atoms. The highest BCUT2D eigenvalue weighted by molar-refractivity contribution is 9.11. The molecule has 6 N–H and O–H groups in total. The van der Waals surface area contributed by atoms with Crippen LogP contribution in [-0.4, -0.2) is 86.9 Å². The van der Waals surface area contributed by atoms with Crippen LogP contribution in [0.1, 0.15) is 49.1 Å². The Labute approximate surface area is 309 Å². The Morgan fingerprint density at radius 2 is 1.66 bits per heavy atom. The van der Waals surface area contributed by atoms with Crippen molar-refractivity contribution in [1.29, 1.82) is 0 Å². The van der Waals surface area contributed by atoms with Crippen LogP contribution in [0.2, 0.25) is 0 Å². The molecule has 4 aromatic rings. The summed E-state index contributed by atoms with van der Waals surface area (Å²) in [4.78, 5) is 33.9. The summed E-state index contributed by atoms with van der Waals surface area (Å²) in [5, 5.41) is 26.6. The molecule has 1 atom stereocenters. The van der Waals surface area contributed by atoms with Crippen molar-refractivity contribution in [3.05, 3.63) is 86.6 Å². The predicted molar refractivity (Wildman–Crippen MR) is 202 cm³/mol. The van der Waals surface area contributed by atoms with E-state index >= 15 is 0 Å². The van der Waals surface area contributed by atoms with Crippen LogP contribution in [0.3, 0.4) is 0 Å². The van der Waals surface area contributed by atoms with Crippen LogP contribution in [0.25, 0.3) is 11.0 Å². The zero-order valence-electron chi connectivity index (χ0n) is 28.1. The number of hydrogen-bond acceptors (Lipinski definition) is 7. The van der Waals surface area contributed by atoms with Gasteiger partial charge in [0.05, 0.1) is 20.0 Å². The second-order valence-corrected chi connectivity index (χ2v) is 15.1. The average Bonchev–Trinajstić information content (AvgIpc) is 3.73. The minimum Gasteiger partial charge on any atom is -0.506 e. The van der Waals surface area contributed by atoms with Gasteiger partial charge in [-0.1, -0.05) is 30.3 Å². The largest absolute Gasteiger partial charge is 0.506 e. The average molecular weight is 812 g/mol. The van der Waals surface area contributed by atoms with E-state index in [0.717, 1.165) is 81.7 Å². The van der Waals surface area contributed by atoms with E-state index in [0.29, 0.717) is 32.9 Å². The summed E-state index contributed by atoms with van der Waals surface area (Å²) in [6, 6.07) is 19.6. The number of aliphatic carboxylic acids is 1. The minimum atomic E-state index is -1.73. The molecular weight excluding hydrogens is 766 g/mol. The van der Waals surface area contributed by atoms with Crippen LogP contribution in [0, 0.1) is 0 Å². The summed E-state index contributed by atoms with van der Waals surface area (Å²) in [5.41, 5.74) is 9.36. The Morgan fingerprint density at radius 1 is 0.980 bits per heavy atom. The molecule has 11 nitrogen and oxygen atoms in total. The lowest BCUT2D eigenvalue weighted by Crippen LogP contribution is -2.49. The van der Waals surface area contributed by atoms with Crippen molar-refractivity contribution >= 4 is 60.6 Å². The maximum atomic E-state index is 12.5. The molecule has 2 saturated heterocycles. The number of aryl methyl sites for hydroxylation is 1. The van der Waals surface area contributed by atoms with Crippen LogP contribution in [0.15, 0.2) is 69.6 Å². The van der Waals surface area contributed by atoms with Crippen molar-refractivity contribution in [3.8, 4) is 5.75 Å². The Balaban J connectivity index is 0.000000202. The zero-order chi connectivity index (χ0) is 35.3. The molecule has 0 radical (unpaired) electrons. The molecule has 50 heavy (non-hydrogen) atoms. The molecule has 7 rings (SSSR count). The van der Waals surface area contributed by atoms with E-state index in [-0.39, 0.29) is 18.2 Å². The van der Waals surface area contributed by atoms with Gasteiger partial charge in [-0.3, -0.25) is 0 Å². The quantitative estimate of drug-likeness (QED) is 0.137. The number of carbonyl (C=O) groups excluding carboxylic acids is 1. The minimum absolute atomic E-state index is 0.0231. The van der Waals surface area contributed by atoms with Gasteiger partial charge in [0.2, 0.25) is 0 Å². The first-order chi connectivity index (χ1) is 24.1. The molecule has 0 unspecified atom stereocenters. The van der Waals surface area contributed by atoms with Crippen LogP contribution < -0.4 is 16.4 Å². The summed E-state index contributed by atoms with van der Waals surface area (Å²) < 4.78 is 2.90. The lowest BCUT2D eigenvalue weighted by atomic mass is 9.90. The van der Waals surface area contributed by atoms with Gasteiger partial charge in [-0.15, -0.1) is 0 Å². The highest BCUT2D eigenvalue weighted by Gasteiger charge is 2.41. The second kappa shape index (κ2) is 16.2. The smallest absolute Gasteiger partial charge is 0.331 e. The Hall–Kier alpha value is -3.49. The number of phenolic OH excluding ortho intramolecular Hbond substituents is 1. The van der Waals surface area contributed by atoms with E-state index in [1.165, 1.54) is 18.4 Å². The maximum Gasteiger partial charge on any atom is 0.331 e. The van der Waals surface area contributed by atoms with Crippen LogP contribution in [0.5, 0.6) is 5.75 Å². The molecule has 0 saturated carbocycles. The van der Waals surface area contributed by atoms with Gasteiger partial charge < -0.3 is 40.9 Å². The first-order valence-electron chi connectivity index (χ1n) is 17.4. The number of aromatic hydroxyl groups is 1. The first-order valence-corrected chi connectivity index (χ1v) is 19.0. The van der Waals surface area contributed by atoms with Crippen molar-refractivity contribution in [2.75, 3.05) is 44.6 Å². The van der Waals surface area contributed by atoms with Crippen molar-refractivity contribution in [2.45, 2.75) is 63.1 Å². The molecule has 3 aromatic carbocycles. The van der Waals surface area contributed by atoms with Gasteiger partial charge in [0.15, 0.2) is 5.54 Å². The number of urea groups is 1. The number of para-hydroxylation sites is 3. The van der Waals surface area contributed by atoms with Gasteiger partial charge in [0, 0.05) is 31.2 Å². The molecular formula is C37H45Br2N7O4. The number of carboxylic acid groups (broad SMARTS) is 1. The third-order valence-corrected chi connectivity index (χ3v) is 11.1. The number of piperidine rings is 1. The molecule has 2 fully saturated rings. The Bertz CT molecular complexity index is 1800. The fourth-order valence-corrected chi connectivity index (χ4v) is 8.53. The van der Waals surface area contributed by atoms with Crippen LogP contribution in [-0.2, 0) is 29.7 Å². The van der Waals surface area contributed by atoms with Crippen molar-refractivity contribution in [2.24, 2.45) is 5.73 Å². The highest BCUT2D eigenvalue weighted by atomic mass is 79.9. The lowest BCUT2D eigenvalue weighted by molar-refractivity contribution is -0.144. The fourth-order valence-electron chi connectivity index (χ4n) is 7.25. The van der Waals surface area contributed by atoms with Gasteiger partial charge in [0.25, 0.3) is 0 Å². The topological polar surface area (TPSA) is 149 Å². The number of nitrogens with two attached hydrogens (primary N) is 1. The molecule has 1 aromatic heterocycles. The molecule has 4 heterocycles. The number of nitrogens with one attached hydrogen (secondary N) is 2. The number of rotatable bonds is 9. The third kappa shape index (κ3) is 8.18. The number of hydrogen-bond donors (Lipinski definition) is 5. The summed E-state index contributed by atoms with van der Waals surface area (Å²) in [6.07, 6.45) is 6.45. The van der Waals surface area contributed by atoms with Gasteiger partial charge in [-0.2, -0.15) is 0 Å². The summed E-state index contributed by atoms with van der Waals surface area (Å²) in [7, 11) is 0. The number of anilines is 1. The summed E-state index contributed by atoms with van der Waals surface area (Å²) in [6.45, 7) is 6.71. The monoisotopic (exact) mass is 809 g/mol. The summed E-state index contributed by atoms with van der Waals surface area (Å²) >= 11 is 6.63. The van der Waals surface area contributed by atoms with Crippen molar-refractivity contribution in [1.82, 2.24) is 24.7 Å². The van der Waals surface area contributed by atoms with Gasteiger partial charge >= 0.3 is 12.0 Å². The molecule has 0 aliphatic carbocycles. The standard InChI is InChI=1S/C23H26Br2N4O3.C14H19N3O/c24-16-12-15(13-17(25)20(16)30)14-23(26,22(31)32)21-27-18-6-1-2-7-19(18)29(21)11-5-10-28-8-3-4-9-28;18-14-16-13-4-2-1-3-11(13)7-10-17(14)12-5-8-15-9-6-12/h1-2,6-7,12-13,30H,3-5,8-11,14,26H2,(H,31,32);1-4,12,15H,5-10H2,(H,16,18)/t23-;/m1./s1. The van der Waals surface area contributed by atoms with E-state index in [4.69, 9.17) is 5.73 Å². The van der Waals surface area contributed by atoms with Gasteiger partial charge in [0.1, 0.15) is 11.6 Å². The second-order valence-electron chi connectivity index (χ2n) is 13.4. The van der Waals surface area contributed by atoms with Crippen LogP contribution >= 0.6 is 31.9 Å². The molecule has 3 aliphatic heterocycles. The summed E-state index contributed by atoms with van der Waals surface area (Å²) in [5.74, 6) is -0.747. The first kappa shape index (κ1) is 36.3. The number of imidazole rings is 1. The van der Waals surface area contributed by atoms with E-state index in [2.05, 4.69) is 58.4 Å². The van der Waals surface area contributed by atoms with Gasteiger partial charge in [-0.05, 0) is 145 Å². The van der Waals surface area contributed by atoms with Crippen LogP contribution in [0.4, 0.5) is 10.5 Å². The molecule has 2 amide bonds. The Morgan fingerprint density at radius 3 is 2.38 bits per heavy atom. The number of amides is 2. The number of carbonyl (C=O) groups is 2. The number of halogens is 2. The SMILES string of the molecule is N[C@@](Cc1cc(Br)c(O)c(Br)c1)(C(=O)O)c1nc2ccccc2n1CCCN1CCCC1.O=C1Nc2ccccc2CCN1C1CCNCC1. The molecule has 3 aliphatic rings.